The van der Waals surface area contributed by atoms with Gasteiger partial charge in [0.25, 0.3) is 0 Å². The predicted octanol–water partition coefficient (Wildman–Crippen LogP) is 4.15. The van der Waals surface area contributed by atoms with Crippen LogP contribution >= 0.6 is 0 Å². The third-order valence-corrected chi connectivity index (χ3v) is 5.36. The molecule has 2 aliphatic carbocycles. The highest BCUT2D eigenvalue weighted by Crippen LogP contribution is 2.41. The van der Waals surface area contributed by atoms with Crippen LogP contribution in [-0.4, -0.2) is 30.3 Å². The van der Waals surface area contributed by atoms with Crippen molar-refractivity contribution in [2.24, 2.45) is 29.6 Å². The van der Waals surface area contributed by atoms with Gasteiger partial charge in [-0.25, -0.2) is 4.79 Å². The van der Waals surface area contributed by atoms with Crippen LogP contribution in [-0.2, 0) is 14.3 Å². The molecule has 0 aromatic carbocycles. The number of rotatable bonds is 5. The fraction of sp³-hybridized carbons (Fsp3) is 0.900. The minimum Gasteiger partial charge on any atom is -0.462 e. The minimum absolute atomic E-state index is 0.0521. The molecule has 0 unspecified atom stereocenters. The second-order valence-electron chi connectivity index (χ2n) is 9.29. The molecule has 0 aromatic rings. The standard InChI is InChI=1S/C20H35NO4/c1-12(2)15-8-7-13(3)9-17(15)24-18(22)16-10-14(16)11-21-19(23)25-20(4,5)6/h12-17H,7-11H2,1-6H3,(H,21,23)/t13-,14+,15+,16-,17-/m1/s1. The van der Waals surface area contributed by atoms with Crippen LogP contribution in [0.1, 0.15) is 67.2 Å². The highest BCUT2D eigenvalue weighted by molar-refractivity contribution is 5.76. The van der Waals surface area contributed by atoms with Crippen LogP contribution in [0.3, 0.4) is 0 Å². The molecule has 0 aliphatic heterocycles. The maximum absolute atomic E-state index is 12.5. The number of carbonyl (C=O) groups excluding carboxylic acids is 2. The molecule has 2 fully saturated rings. The zero-order valence-corrected chi connectivity index (χ0v) is 16.6. The topological polar surface area (TPSA) is 64.6 Å². The van der Waals surface area contributed by atoms with E-state index in [1.54, 1.807) is 0 Å². The third kappa shape index (κ3) is 6.19. The van der Waals surface area contributed by atoms with Crippen LogP contribution in [0.25, 0.3) is 0 Å². The van der Waals surface area contributed by atoms with Crippen molar-refractivity contribution in [2.45, 2.75) is 78.9 Å². The van der Waals surface area contributed by atoms with Gasteiger partial charge in [-0.15, -0.1) is 0 Å². The summed E-state index contributed by atoms with van der Waals surface area (Å²) < 4.78 is 11.1. The van der Waals surface area contributed by atoms with E-state index in [0.717, 1.165) is 19.3 Å². The van der Waals surface area contributed by atoms with Gasteiger partial charge in [-0.1, -0.05) is 27.2 Å². The molecule has 0 aromatic heterocycles. The number of esters is 1. The van der Waals surface area contributed by atoms with Crippen molar-refractivity contribution in [3.05, 3.63) is 0 Å². The van der Waals surface area contributed by atoms with Gasteiger partial charge in [0.1, 0.15) is 11.7 Å². The summed E-state index contributed by atoms with van der Waals surface area (Å²) in [6.07, 6.45) is 3.77. The zero-order chi connectivity index (χ0) is 18.8. The molecule has 5 heteroatoms. The number of alkyl carbamates (subject to hydrolysis) is 1. The van der Waals surface area contributed by atoms with Crippen molar-refractivity contribution in [3.63, 3.8) is 0 Å². The Morgan fingerprint density at radius 3 is 2.44 bits per heavy atom. The van der Waals surface area contributed by atoms with E-state index < -0.39 is 11.7 Å². The van der Waals surface area contributed by atoms with E-state index in [4.69, 9.17) is 9.47 Å². The molecule has 1 amide bonds. The minimum atomic E-state index is -0.504. The molecule has 0 radical (unpaired) electrons. The second-order valence-corrected chi connectivity index (χ2v) is 9.29. The Kier molecular flexibility index (Phi) is 6.39. The third-order valence-electron chi connectivity index (χ3n) is 5.36. The van der Waals surface area contributed by atoms with E-state index >= 15 is 0 Å². The first-order valence-electron chi connectivity index (χ1n) is 9.74. The molecule has 2 aliphatic rings. The summed E-state index contributed by atoms with van der Waals surface area (Å²) in [5.74, 6) is 1.65. The van der Waals surface area contributed by atoms with Crippen molar-refractivity contribution in [1.82, 2.24) is 5.32 Å². The molecule has 0 spiro atoms. The van der Waals surface area contributed by atoms with E-state index in [0.29, 0.717) is 24.3 Å². The van der Waals surface area contributed by atoms with Gasteiger partial charge in [0.05, 0.1) is 5.92 Å². The van der Waals surface area contributed by atoms with Gasteiger partial charge in [-0.05, 0) is 63.7 Å². The van der Waals surface area contributed by atoms with Crippen molar-refractivity contribution >= 4 is 12.1 Å². The lowest BCUT2D eigenvalue weighted by molar-refractivity contribution is -0.158. The number of ether oxygens (including phenoxy) is 2. The molecule has 0 saturated heterocycles. The van der Waals surface area contributed by atoms with Gasteiger partial charge in [-0.3, -0.25) is 4.79 Å². The lowest BCUT2D eigenvalue weighted by atomic mass is 9.75. The number of amides is 1. The first-order chi connectivity index (χ1) is 11.6. The number of nitrogens with one attached hydrogen (secondary N) is 1. The molecule has 2 saturated carbocycles. The molecular formula is C20H35NO4. The van der Waals surface area contributed by atoms with E-state index in [9.17, 15) is 9.59 Å². The normalized spacial score (nSPS) is 32.2. The summed E-state index contributed by atoms with van der Waals surface area (Å²) in [5, 5.41) is 2.75. The van der Waals surface area contributed by atoms with Gasteiger partial charge in [0.15, 0.2) is 0 Å². The van der Waals surface area contributed by atoms with Gasteiger partial charge in [-0.2, -0.15) is 0 Å². The van der Waals surface area contributed by atoms with E-state index in [2.05, 4.69) is 26.1 Å². The molecule has 0 bridgehead atoms. The largest absolute Gasteiger partial charge is 0.462 e. The summed E-state index contributed by atoms with van der Waals surface area (Å²) in [7, 11) is 0. The lowest BCUT2D eigenvalue weighted by Gasteiger charge is -2.36. The van der Waals surface area contributed by atoms with E-state index in [1.165, 1.54) is 6.42 Å². The Hall–Kier alpha value is -1.26. The first-order valence-corrected chi connectivity index (χ1v) is 9.74. The summed E-state index contributed by atoms with van der Waals surface area (Å²) in [4.78, 5) is 24.2. The maximum atomic E-state index is 12.5. The van der Waals surface area contributed by atoms with Crippen LogP contribution in [0.15, 0.2) is 0 Å². The molecule has 144 valence electrons. The molecule has 25 heavy (non-hydrogen) atoms. The van der Waals surface area contributed by atoms with Gasteiger partial charge in [0, 0.05) is 6.54 Å². The van der Waals surface area contributed by atoms with Crippen molar-refractivity contribution < 1.29 is 19.1 Å². The predicted molar refractivity (Wildman–Crippen MR) is 97.1 cm³/mol. The van der Waals surface area contributed by atoms with Crippen LogP contribution < -0.4 is 5.32 Å². The van der Waals surface area contributed by atoms with E-state index in [-0.39, 0.29) is 23.9 Å². The molecule has 5 nitrogen and oxygen atoms in total. The molecular weight excluding hydrogens is 318 g/mol. The van der Waals surface area contributed by atoms with Crippen LogP contribution in [0.4, 0.5) is 4.79 Å². The van der Waals surface area contributed by atoms with E-state index in [1.807, 2.05) is 20.8 Å². The maximum Gasteiger partial charge on any atom is 0.407 e. The second kappa shape index (κ2) is 7.96. The number of hydrogen-bond acceptors (Lipinski definition) is 4. The van der Waals surface area contributed by atoms with Crippen LogP contribution in [0, 0.1) is 29.6 Å². The Morgan fingerprint density at radius 1 is 1.16 bits per heavy atom. The summed E-state index contributed by atoms with van der Waals surface area (Å²) >= 11 is 0. The number of hydrogen-bond donors (Lipinski definition) is 1. The highest BCUT2D eigenvalue weighted by Gasteiger charge is 2.46. The van der Waals surface area contributed by atoms with Crippen molar-refractivity contribution in [1.29, 1.82) is 0 Å². The number of carbonyl (C=O) groups is 2. The zero-order valence-electron chi connectivity index (χ0n) is 16.6. The van der Waals surface area contributed by atoms with Crippen LogP contribution in [0.2, 0.25) is 0 Å². The fourth-order valence-electron chi connectivity index (χ4n) is 3.78. The molecule has 1 N–H and O–H groups in total. The Balaban J connectivity index is 1.76. The average molecular weight is 354 g/mol. The van der Waals surface area contributed by atoms with Gasteiger partial charge >= 0.3 is 12.1 Å². The SMILES string of the molecule is CC(C)[C@@H]1CC[C@@H](C)C[C@H]1OC(=O)[C@@H]1C[C@H]1CNC(=O)OC(C)(C)C. The van der Waals surface area contributed by atoms with Crippen molar-refractivity contribution in [3.8, 4) is 0 Å². The Bertz CT molecular complexity index is 483. The Morgan fingerprint density at radius 2 is 1.84 bits per heavy atom. The quantitative estimate of drug-likeness (QED) is 0.754. The first kappa shape index (κ1) is 20.1. The van der Waals surface area contributed by atoms with Crippen molar-refractivity contribution in [2.75, 3.05) is 6.54 Å². The smallest absolute Gasteiger partial charge is 0.407 e. The summed E-state index contributed by atoms with van der Waals surface area (Å²) in [6.45, 7) is 12.6. The van der Waals surface area contributed by atoms with Crippen LogP contribution in [0.5, 0.6) is 0 Å². The fourth-order valence-corrected chi connectivity index (χ4v) is 3.78. The van der Waals surface area contributed by atoms with Gasteiger partial charge < -0.3 is 14.8 Å². The summed E-state index contributed by atoms with van der Waals surface area (Å²) in [6, 6.07) is 0. The average Bonchev–Trinajstić information content (AvgIpc) is 3.22. The monoisotopic (exact) mass is 353 g/mol. The Labute approximate surface area is 152 Å². The molecule has 5 atom stereocenters. The molecule has 2 rings (SSSR count). The summed E-state index contributed by atoms with van der Waals surface area (Å²) in [5.41, 5.74) is -0.504. The lowest BCUT2D eigenvalue weighted by Crippen LogP contribution is -2.36. The molecule has 0 heterocycles. The highest BCUT2D eigenvalue weighted by atomic mass is 16.6. The van der Waals surface area contributed by atoms with Gasteiger partial charge in [0.2, 0.25) is 0 Å².